The quantitative estimate of drug-likeness (QED) is 0.687. The first-order chi connectivity index (χ1) is 14.5. The fourth-order valence-electron chi connectivity index (χ4n) is 4.62. The lowest BCUT2D eigenvalue weighted by molar-refractivity contribution is 0.0486. The predicted octanol–water partition coefficient (Wildman–Crippen LogP) is 3.99. The van der Waals surface area contributed by atoms with Crippen molar-refractivity contribution in [3.63, 3.8) is 0 Å². The van der Waals surface area contributed by atoms with Gasteiger partial charge in [-0.1, -0.05) is 12.1 Å². The molecule has 0 spiro atoms. The van der Waals surface area contributed by atoms with E-state index in [4.69, 9.17) is 14.2 Å². The number of amides is 1. The first-order valence-corrected chi connectivity index (χ1v) is 10.4. The fourth-order valence-corrected chi connectivity index (χ4v) is 4.62. The highest BCUT2D eigenvalue weighted by atomic mass is 16.7. The first-order valence-electron chi connectivity index (χ1n) is 10.4. The van der Waals surface area contributed by atoms with Crippen molar-refractivity contribution in [2.75, 3.05) is 26.6 Å². The Morgan fingerprint density at radius 3 is 2.70 bits per heavy atom. The van der Waals surface area contributed by atoms with Crippen LogP contribution in [-0.2, 0) is 10.2 Å². The van der Waals surface area contributed by atoms with Crippen molar-refractivity contribution in [1.82, 2.24) is 10.3 Å². The van der Waals surface area contributed by atoms with Crippen LogP contribution >= 0.6 is 0 Å². The summed E-state index contributed by atoms with van der Waals surface area (Å²) < 4.78 is 16.7. The maximum absolute atomic E-state index is 13.0. The Bertz CT molecular complexity index is 1110. The second-order valence-electron chi connectivity index (χ2n) is 8.37. The lowest BCUT2D eigenvalue weighted by Crippen LogP contribution is -2.44. The van der Waals surface area contributed by atoms with Gasteiger partial charge in [-0.25, -0.2) is 0 Å². The van der Waals surface area contributed by atoms with Crippen LogP contribution in [0, 0.1) is 13.8 Å². The van der Waals surface area contributed by atoms with Gasteiger partial charge in [-0.15, -0.1) is 0 Å². The molecule has 6 heteroatoms. The minimum absolute atomic E-state index is 0.0881. The number of fused-ring (bicyclic) bond motifs is 2. The molecule has 0 unspecified atom stereocenters. The summed E-state index contributed by atoms with van der Waals surface area (Å²) >= 11 is 0. The van der Waals surface area contributed by atoms with Gasteiger partial charge in [0, 0.05) is 36.1 Å². The molecule has 0 saturated carbocycles. The van der Waals surface area contributed by atoms with Gasteiger partial charge >= 0.3 is 0 Å². The number of hydrogen-bond acceptors (Lipinski definition) is 4. The van der Waals surface area contributed by atoms with E-state index in [2.05, 4.69) is 48.4 Å². The molecule has 30 heavy (non-hydrogen) atoms. The lowest BCUT2D eigenvalue weighted by atomic mass is 9.74. The molecule has 3 aromatic rings. The molecule has 1 saturated heterocycles. The van der Waals surface area contributed by atoms with Crippen molar-refractivity contribution < 1.29 is 19.0 Å². The van der Waals surface area contributed by atoms with E-state index >= 15 is 0 Å². The third-order valence-electron chi connectivity index (χ3n) is 6.36. The Morgan fingerprint density at radius 2 is 1.87 bits per heavy atom. The van der Waals surface area contributed by atoms with Gasteiger partial charge in [-0.05, 0) is 67.6 Å². The monoisotopic (exact) mass is 406 g/mol. The maximum atomic E-state index is 13.0. The van der Waals surface area contributed by atoms with E-state index in [1.165, 1.54) is 11.1 Å². The lowest BCUT2D eigenvalue weighted by Gasteiger charge is -2.38. The molecule has 1 aromatic heterocycles. The average molecular weight is 406 g/mol. The zero-order valence-electron chi connectivity index (χ0n) is 17.3. The zero-order chi connectivity index (χ0) is 20.7. The number of nitrogens with one attached hydrogen (secondary N) is 2. The van der Waals surface area contributed by atoms with Crippen LogP contribution in [0.2, 0.25) is 0 Å². The molecule has 0 aliphatic carbocycles. The number of rotatable bonds is 4. The van der Waals surface area contributed by atoms with Crippen LogP contribution in [0.1, 0.15) is 40.0 Å². The van der Waals surface area contributed by atoms with E-state index in [9.17, 15) is 4.79 Å². The van der Waals surface area contributed by atoms with Gasteiger partial charge in [0.1, 0.15) is 5.69 Å². The van der Waals surface area contributed by atoms with Gasteiger partial charge in [0.15, 0.2) is 11.5 Å². The second-order valence-corrected chi connectivity index (χ2v) is 8.37. The second kappa shape index (κ2) is 7.36. The van der Waals surface area contributed by atoms with Crippen LogP contribution in [0.3, 0.4) is 0 Å². The number of H-pyrrole nitrogens is 1. The summed E-state index contributed by atoms with van der Waals surface area (Å²) in [5.41, 5.74) is 4.89. The highest BCUT2D eigenvalue weighted by Crippen LogP contribution is 2.40. The molecule has 0 radical (unpaired) electrons. The van der Waals surface area contributed by atoms with Gasteiger partial charge in [0.05, 0.1) is 0 Å². The van der Waals surface area contributed by atoms with Crippen molar-refractivity contribution in [2.45, 2.75) is 32.1 Å². The smallest absolute Gasteiger partial charge is 0.267 e. The third-order valence-corrected chi connectivity index (χ3v) is 6.36. The number of aryl methyl sites for hydroxylation is 2. The molecule has 0 bridgehead atoms. The molecule has 5 rings (SSSR count). The SMILES string of the molecule is Cc1cc(C)c2cc(C(=O)NCC3(c4ccc5c(c4)OCO5)CCOCC3)[nH]c2c1. The zero-order valence-corrected chi connectivity index (χ0v) is 17.3. The number of hydrogen-bond donors (Lipinski definition) is 2. The van der Waals surface area contributed by atoms with E-state index < -0.39 is 0 Å². The van der Waals surface area contributed by atoms with E-state index in [1.807, 2.05) is 12.1 Å². The van der Waals surface area contributed by atoms with Crippen LogP contribution in [0.15, 0.2) is 36.4 Å². The van der Waals surface area contributed by atoms with Gasteiger partial charge in [0.2, 0.25) is 6.79 Å². The maximum Gasteiger partial charge on any atom is 0.267 e. The van der Waals surface area contributed by atoms with Gasteiger partial charge in [-0.2, -0.15) is 0 Å². The van der Waals surface area contributed by atoms with Crippen LogP contribution in [0.25, 0.3) is 10.9 Å². The van der Waals surface area contributed by atoms with Gasteiger partial charge < -0.3 is 24.5 Å². The van der Waals surface area contributed by atoms with Gasteiger partial charge in [-0.3, -0.25) is 4.79 Å². The predicted molar refractivity (Wildman–Crippen MR) is 114 cm³/mol. The largest absolute Gasteiger partial charge is 0.454 e. The number of carbonyl (C=O) groups excluding carboxylic acids is 1. The molecular formula is C24H26N2O4. The minimum Gasteiger partial charge on any atom is -0.454 e. The van der Waals surface area contributed by atoms with E-state index in [1.54, 1.807) is 0 Å². The molecule has 2 aliphatic rings. The van der Waals surface area contributed by atoms with Crippen LogP contribution in [0.5, 0.6) is 11.5 Å². The van der Waals surface area contributed by atoms with Gasteiger partial charge in [0.25, 0.3) is 5.91 Å². The standard InChI is InChI=1S/C24H26N2O4/c1-15-9-16(2)18-12-20(26-19(18)10-15)23(27)25-13-24(5-7-28-8-6-24)17-3-4-21-22(11-17)30-14-29-21/h3-4,9-12,26H,5-8,13-14H2,1-2H3,(H,25,27). The number of ether oxygens (including phenoxy) is 3. The highest BCUT2D eigenvalue weighted by Gasteiger charge is 2.36. The summed E-state index contributed by atoms with van der Waals surface area (Å²) in [6, 6.07) is 12.2. The van der Waals surface area contributed by atoms with Crippen molar-refractivity contribution in [3.05, 3.63) is 58.8 Å². The highest BCUT2D eigenvalue weighted by molar-refractivity contribution is 5.99. The molecule has 156 valence electrons. The molecular weight excluding hydrogens is 380 g/mol. The summed E-state index contributed by atoms with van der Waals surface area (Å²) in [5, 5.41) is 4.26. The van der Waals surface area contributed by atoms with E-state index in [0.717, 1.165) is 40.8 Å². The molecule has 2 N–H and O–H groups in total. The molecule has 2 aliphatic heterocycles. The Labute approximate surface area is 175 Å². The normalized spacial score (nSPS) is 17.3. The molecule has 1 fully saturated rings. The van der Waals surface area contributed by atoms with Crippen molar-refractivity contribution >= 4 is 16.8 Å². The number of benzene rings is 2. The summed E-state index contributed by atoms with van der Waals surface area (Å²) in [6.45, 7) is 6.28. The first kappa shape index (κ1) is 19.0. The van der Waals surface area contributed by atoms with E-state index in [-0.39, 0.29) is 18.1 Å². The number of aromatic nitrogens is 1. The number of aromatic amines is 1. The third kappa shape index (κ3) is 3.31. The van der Waals surface area contributed by atoms with Crippen LogP contribution in [-0.4, -0.2) is 37.4 Å². The molecule has 6 nitrogen and oxygen atoms in total. The fraction of sp³-hybridized carbons (Fsp3) is 0.375. The Kier molecular flexibility index (Phi) is 4.66. The average Bonchev–Trinajstić information content (AvgIpc) is 3.39. The summed E-state index contributed by atoms with van der Waals surface area (Å²) in [7, 11) is 0. The molecule has 1 amide bonds. The topological polar surface area (TPSA) is 72.6 Å². The minimum atomic E-state index is -0.187. The van der Waals surface area contributed by atoms with Crippen molar-refractivity contribution in [2.24, 2.45) is 0 Å². The van der Waals surface area contributed by atoms with E-state index in [0.29, 0.717) is 25.5 Å². The number of carbonyl (C=O) groups is 1. The van der Waals surface area contributed by atoms with Crippen molar-refractivity contribution in [1.29, 1.82) is 0 Å². The summed E-state index contributed by atoms with van der Waals surface area (Å²) in [5.74, 6) is 1.45. The molecule has 2 aromatic carbocycles. The Hall–Kier alpha value is -2.99. The Morgan fingerprint density at radius 1 is 1.07 bits per heavy atom. The summed E-state index contributed by atoms with van der Waals surface area (Å²) in [4.78, 5) is 16.3. The summed E-state index contributed by atoms with van der Waals surface area (Å²) in [6.07, 6.45) is 1.69. The van der Waals surface area contributed by atoms with Crippen LogP contribution < -0.4 is 14.8 Å². The molecule has 0 atom stereocenters. The van der Waals surface area contributed by atoms with Crippen LogP contribution in [0.4, 0.5) is 0 Å². The molecule has 3 heterocycles. The Balaban J connectivity index is 1.39. The van der Waals surface area contributed by atoms with Crippen molar-refractivity contribution in [3.8, 4) is 11.5 Å².